The molecule has 16 heavy (non-hydrogen) atoms. The Morgan fingerprint density at radius 1 is 1.62 bits per heavy atom. The van der Waals surface area contributed by atoms with Crippen LogP contribution < -0.4 is 4.74 Å². The van der Waals surface area contributed by atoms with Crippen molar-refractivity contribution in [2.24, 2.45) is 0 Å². The Morgan fingerprint density at radius 2 is 2.44 bits per heavy atom. The summed E-state index contributed by atoms with van der Waals surface area (Å²) in [6.07, 6.45) is 0.916. The number of benzene rings is 1. The molecule has 0 spiro atoms. The van der Waals surface area contributed by atoms with Crippen LogP contribution in [-0.4, -0.2) is 24.5 Å². The lowest BCUT2D eigenvalue weighted by molar-refractivity contribution is -0.124. The molecule has 0 N–H and O–H groups in total. The smallest absolute Gasteiger partial charge is 0.325 e. The van der Waals surface area contributed by atoms with E-state index in [2.05, 4.69) is 0 Å². The molecule has 1 aromatic rings. The molecule has 0 saturated carbocycles. The summed E-state index contributed by atoms with van der Waals surface area (Å²) in [4.78, 5) is 12.5. The fraction of sp³-hybridized carbons (Fsp3) is 0.333. The molecule has 82 valence electrons. The van der Waals surface area contributed by atoms with E-state index >= 15 is 0 Å². The highest BCUT2D eigenvalue weighted by atomic mass is 16.5. The number of rotatable bonds is 2. The molecule has 1 amide bonds. The molecule has 0 aromatic heterocycles. The van der Waals surface area contributed by atoms with Gasteiger partial charge in [0.2, 0.25) is 0 Å². The van der Waals surface area contributed by atoms with E-state index in [-0.39, 0.29) is 0 Å². The van der Waals surface area contributed by atoms with Crippen LogP contribution in [0.15, 0.2) is 18.2 Å². The third kappa shape index (κ3) is 1.98. The summed E-state index contributed by atoms with van der Waals surface area (Å²) >= 11 is 0. The summed E-state index contributed by atoms with van der Waals surface area (Å²) in [5.74, 6) is 0.412. The zero-order valence-corrected chi connectivity index (χ0v) is 9.06. The van der Waals surface area contributed by atoms with E-state index in [1.807, 2.05) is 18.2 Å². The third-order valence-corrected chi connectivity index (χ3v) is 2.62. The summed E-state index contributed by atoms with van der Waals surface area (Å²) in [7, 11) is 1.62. The van der Waals surface area contributed by atoms with Gasteiger partial charge in [-0.05, 0) is 17.2 Å². The van der Waals surface area contributed by atoms with Crippen LogP contribution in [-0.2, 0) is 17.8 Å². The largest absolute Gasteiger partial charge is 0.493 e. The van der Waals surface area contributed by atoms with Crippen LogP contribution in [0.2, 0.25) is 0 Å². The minimum atomic E-state index is -0.517. The molecule has 1 aromatic carbocycles. The maximum Gasteiger partial charge on any atom is 0.325 e. The zero-order valence-electron chi connectivity index (χ0n) is 9.06. The number of ether oxygens (including phenoxy) is 1. The van der Waals surface area contributed by atoms with Crippen LogP contribution in [0, 0.1) is 11.3 Å². The van der Waals surface area contributed by atoms with E-state index < -0.39 is 5.91 Å². The van der Waals surface area contributed by atoms with Gasteiger partial charge in [-0.25, -0.2) is 0 Å². The van der Waals surface area contributed by atoms with Crippen molar-refractivity contribution in [3.05, 3.63) is 29.3 Å². The summed E-state index contributed by atoms with van der Waals surface area (Å²) in [5, 5.41) is 8.48. The number of nitrogens with zero attached hydrogens (tertiary/aromatic N) is 2. The third-order valence-electron chi connectivity index (χ3n) is 2.62. The van der Waals surface area contributed by atoms with Crippen molar-refractivity contribution < 1.29 is 9.53 Å². The summed E-state index contributed by atoms with van der Waals surface area (Å²) in [6, 6.07) is 7.47. The van der Waals surface area contributed by atoms with E-state index in [9.17, 15) is 4.79 Å². The first-order valence-electron chi connectivity index (χ1n) is 5.10. The van der Waals surface area contributed by atoms with Crippen molar-refractivity contribution >= 4 is 5.91 Å². The number of hydrogen-bond donors (Lipinski definition) is 0. The van der Waals surface area contributed by atoms with E-state index in [1.54, 1.807) is 13.1 Å². The molecule has 0 atom stereocenters. The minimum Gasteiger partial charge on any atom is -0.493 e. The number of carbonyl (C=O) groups excluding carboxylic acids is 1. The molecule has 0 saturated heterocycles. The van der Waals surface area contributed by atoms with Crippen molar-refractivity contribution in [1.82, 2.24) is 4.90 Å². The first kappa shape index (κ1) is 10.5. The molecule has 0 bridgehead atoms. The molecule has 4 heteroatoms. The second kappa shape index (κ2) is 4.23. The highest BCUT2D eigenvalue weighted by Crippen LogP contribution is 2.26. The molecular weight excluding hydrogens is 204 g/mol. The Kier molecular flexibility index (Phi) is 2.78. The molecule has 2 rings (SSSR count). The number of amides is 1. The van der Waals surface area contributed by atoms with Crippen molar-refractivity contribution in [2.75, 3.05) is 13.7 Å². The van der Waals surface area contributed by atoms with Crippen LogP contribution in [0.4, 0.5) is 0 Å². The lowest BCUT2D eigenvalue weighted by atomic mass is 10.1. The van der Waals surface area contributed by atoms with Crippen LogP contribution in [0.1, 0.15) is 11.1 Å². The summed E-state index contributed by atoms with van der Waals surface area (Å²) < 4.78 is 5.39. The van der Waals surface area contributed by atoms with Crippen molar-refractivity contribution in [3.8, 4) is 11.8 Å². The van der Waals surface area contributed by atoms with Gasteiger partial charge in [0.05, 0.1) is 6.61 Å². The molecule has 4 nitrogen and oxygen atoms in total. The van der Waals surface area contributed by atoms with Gasteiger partial charge in [-0.3, -0.25) is 4.79 Å². The predicted octanol–water partition coefficient (Wildman–Crippen LogP) is 1.10. The Morgan fingerprint density at radius 3 is 3.19 bits per heavy atom. The topological polar surface area (TPSA) is 53.3 Å². The molecule has 0 fully saturated rings. The monoisotopic (exact) mass is 216 g/mol. The van der Waals surface area contributed by atoms with Gasteiger partial charge in [0, 0.05) is 20.0 Å². The lowest BCUT2D eigenvalue weighted by Gasteiger charge is -2.13. The Balaban J connectivity index is 2.11. The van der Waals surface area contributed by atoms with Crippen LogP contribution in [0.25, 0.3) is 0 Å². The number of fused-ring (bicyclic) bond motifs is 1. The molecule has 0 aliphatic carbocycles. The average molecular weight is 216 g/mol. The quantitative estimate of drug-likeness (QED) is 0.696. The number of hydrogen-bond acceptors (Lipinski definition) is 3. The fourth-order valence-electron chi connectivity index (χ4n) is 1.77. The van der Waals surface area contributed by atoms with E-state index in [1.165, 1.54) is 10.5 Å². The lowest BCUT2D eigenvalue weighted by Crippen LogP contribution is -2.24. The highest BCUT2D eigenvalue weighted by molar-refractivity contribution is 5.90. The van der Waals surface area contributed by atoms with Gasteiger partial charge in [-0.2, -0.15) is 5.26 Å². The van der Waals surface area contributed by atoms with Crippen LogP contribution >= 0.6 is 0 Å². The van der Waals surface area contributed by atoms with Crippen molar-refractivity contribution in [3.63, 3.8) is 0 Å². The second-order valence-electron chi connectivity index (χ2n) is 3.81. The average Bonchev–Trinajstić information content (AvgIpc) is 2.75. The van der Waals surface area contributed by atoms with Crippen molar-refractivity contribution in [2.45, 2.75) is 13.0 Å². The van der Waals surface area contributed by atoms with Gasteiger partial charge in [0.1, 0.15) is 5.75 Å². The van der Waals surface area contributed by atoms with Crippen LogP contribution in [0.3, 0.4) is 0 Å². The zero-order chi connectivity index (χ0) is 11.5. The molecule has 1 aliphatic rings. The predicted molar refractivity (Wildman–Crippen MR) is 57.7 cm³/mol. The number of nitriles is 1. The van der Waals surface area contributed by atoms with E-state index in [0.29, 0.717) is 6.54 Å². The van der Waals surface area contributed by atoms with Gasteiger partial charge in [0.25, 0.3) is 0 Å². The minimum absolute atomic E-state index is 0.458. The van der Waals surface area contributed by atoms with Crippen molar-refractivity contribution in [1.29, 1.82) is 5.26 Å². The van der Waals surface area contributed by atoms with Gasteiger partial charge < -0.3 is 9.64 Å². The van der Waals surface area contributed by atoms with Crippen LogP contribution in [0.5, 0.6) is 5.75 Å². The number of carbonyl (C=O) groups is 1. The Bertz CT molecular complexity index is 463. The maximum atomic E-state index is 11.1. The summed E-state index contributed by atoms with van der Waals surface area (Å²) in [5.41, 5.74) is 2.20. The fourth-order valence-corrected chi connectivity index (χ4v) is 1.77. The van der Waals surface area contributed by atoms with Gasteiger partial charge in [0.15, 0.2) is 6.07 Å². The normalized spacial score (nSPS) is 12.5. The molecule has 1 aliphatic heterocycles. The molecular formula is C12H12N2O2. The SMILES string of the molecule is CN(Cc1ccc2c(c1)CCO2)C(=O)C#N. The molecule has 0 unspecified atom stereocenters. The first-order valence-corrected chi connectivity index (χ1v) is 5.10. The van der Waals surface area contributed by atoms with Gasteiger partial charge in [-0.15, -0.1) is 0 Å². The Labute approximate surface area is 94.0 Å². The maximum absolute atomic E-state index is 11.1. The standard InChI is InChI=1S/C12H12N2O2/c1-14(12(15)7-13)8-9-2-3-11-10(6-9)4-5-16-11/h2-3,6H,4-5,8H2,1H3. The van der Waals surface area contributed by atoms with Gasteiger partial charge in [-0.1, -0.05) is 12.1 Å². The van der Waals surface area contributed by atoms with E-state index in [0.717, 1.165) is 24.3 Å². The van der Waals surface area contributed by atoms with Gasteiger partial charge >= 0.3 is 5.91 Å². The summed E-state index contributed by atoms with van der Waals surface area (Å²) in [6.45, 7) is 1.19. The molecule has 0 radical (unpaired) electrons. The Hall–Kier alpha value is -2.02. The second-order valence-corrected chi connectivity index (χ2v) is 3.81. The van der Waals surface area contributed by atoms with E-state index in [4.69, 9.17) is 10.00 Å². The molecule has 1 heterocycles. The first-order chi connectivity index (χ1) is 7.70. The highest BCUT2D eigenvalue weighted by Gasteiger charge is 2.13.